The Morgan fingerprint density at radius 3 is 2.16 bits per heavy atom. The molecule has 0 aromatic rings. The van der Waals surface area contributed by atoms with Crippen LogP contribution in [0.4, 0.5) is 0 Å². The Labute approximate surface area is 117 Å². The molecular weight excluding hydrogens is 236 g/mol. The summed E-state index contributed by atoms with van der Waals surface area (Å²) in [5.74, 6) is 3.15. The molecule has 4 saturated carbocycles. The highest BCUT2D eigenvalue weighted by molar-refractivity contribution is 5.85. The van der Waals surface area contributed by atoms with Crippen LogP contribution in [0.15, 0.2) is 0 Å². The minimum Gasteiger partial charge on any atom is -0.381 e. The summed E-state index contributed by atoms with van der Waals surface area (Å²) in [7, 11) is 0. The maximum absolute atomic E-state index is 12.6. The van der Waals surface area contributed by atoms with Gasteiger partial charge in [0.15, 0.2) is 0 Å². The Kier molecular flexibility index (Phi) is 3.98. The second-order valence-corrected chi connectivity index (χ2v) is 7.34. The molecule has 2 heteroatoms. The number of ketones is 1. The molecule has 4 aliphatic carbocycles. The smallest absolute Gasteiger partial charge is 0.141 e. The molecule has 0 N–H and O–H groups in total. The molecule has 19 heavy (non-hydrogen) atoms. The van der Waals surface area contributed by atoms with Crippen LogP contribution in [0.25, 0.3) is 0 Å². The van der Waals surface area contributed by atoms with Crippen molar-refractivity contribution >= 4 is 5.78 Å². The second kappa shape index (κ2) is 5.55. The van der Waals surface area contributed by atoms with Crippen LogP contribution in [0.3, 0.4) is 0 Å². The van der Waals surface area contributed by atoms with E-state index in [-0.39, 0.29) is 5.41 Å². The Morgan fingerprint density at radius 1 is 1.05 bits per heavy atom. The first-order valence-corrected chi connectivity index (χ1v) is 8.33. The first-order chi connectivity index (χ1) is 9.22. The topological polar surface area (TPSA) is 26.3 Å². The van der Waals surface area contributed by atoms with E-state index in [2.05, 4.69) is 6.92 Å². The van der Waals surface area contributed by atoms with E-state index in [1.54, 1.807) is 0 Å². The Morgan fingerprint density at radius 2 is 1.63 bits per heavy atom. The highest BCUT2D eigenvalue weighted by Gasteiger charge is 2.53. The van der Waals surface area contributed by atoms with E-state index in [0.717, 1.165) is 30.8 Å². The molecule has 4 aliphatic rings. The lowest BCUT2D eigenvalue weighted by molar-refractivity contribution is -0.145. The molecule has 0 heterocycles. The summed E-state index contributed by atoms with van der Waals surface area (Å²) in [6, 6.07) is 0. The average Bonchev–Trinajstić information content (AvgIpc) is 2.36. The summed E-state index contributed by atoms with van der Waals surface area (Å²) in [6.07, 6.45) is 10.8. The van der Waals surface area contributed by atoms with Crippen molar-refractivity contribution in [3.05, 3.63) is 0 Å². The van der Waals surface area contributed by atoms with E-state index in [9.17, 15) is 4.79 Å². The summed E-state index contributed by atoms with van der Waals surface area (Å²) >= 11 is 0. The molecule has 108 valence electrons. The van der Waals surface area contributed by atoms with Crippen molar-refractivity contribution < 1.29 is 9.53 Å². The zero-order chi connectivity index (χ0) is 13.3. The average molecular weight is 264 g/mol. The monoisotopic (exact) mass is 264 g/mol. The fourth-order valence-electron chi connectivity index (χ4n) is 5.23. The number of ether oxygens (including phenoxy) is 1. The van der Waals surface area contributed by atoms with Crippen molar-refractivity contribution in [2.75, 3.05) is 13.2 Å². The molecule has 0 saturated heterocycles. The maximum atomic E-state index is 12.6. The molecular formula is C17H28O2. The van der Waals surface area contributed by atoms with Gasteiger partial charge < -0.3 is 4.74 Å². The number of rotatable bonds is 7. The molecule has 0 unspecified atom stereocenters. The van der Waals surface area contributed by atoms with Gasteiger partial charge in [-0.05, 0) is 62.7 Å². The highest BCUT2D eigenvalue weighted by atomic mass is 16.5. The van der Waals surface area contributed by atoms with Crippen LogP contribution >= 0.6 is 0 Å². The summed E-state index contributed by atoms with van der Waals surface area (Å²) < 4.78 is 5.59. The summed E-state index contributed by atoms with van der Waals surface area (Å²) in [6.45, 7) is 3.65. The van der Waals surface area contributed by atoms with Crippen LogP contribution in [0, 0.1) is 23.2 Å². The number of carbonyl (C=O) groups excluding carboxylic acids is 1. The minimum absolute atomic E-state index is 0.0862. The lowest BCUT2D eigenvalue weighted by atomic mass is 9.48. The minimum atomic E-state index is 0.0862. The van der Waals surface area contributed by atoms with Gasteiger partial charge in [-0.15, -0.1) is 0 Å². The SMILES string of the molecule is CCCCOCCC(=O)C12CC3CC(CC(C3)C1)C2. The lowest BCUT2D eigenvalue weighted by Gasteiger charge is -2.56. The molecule has 4 bridgehead atoms. The van der Waals surface area contributed by atoms with Crippen molar-refractivity contribution in [1.29, 1.82) is 0 Å². The Hall–Kier alpha value is -0.370. The third-order valence-electron chi connectivity index (χ3n) is 5.75. The first-order valence-electron chi connectivity index (χ1n) is 8.33. The first kappa shape index (κ1) is 13.6. The van der Waals surface area contributed by atoms with Crippen LogP contribution in [0.1, 0.15) is 64.7 Å². The summed E-state index contributed by atoms with van der Waals surface area (Å²) in [5.41, 5.74) is 0.0862. The molecule has 0 amide bonds. The standard InChI is InChI=1S/C17H28O2/c1-2-3-5-19-6-4-16(18)17-10-13-7-14(11-17)9-15(8-13)12-17/h13-15H,2-12H2,1H3. The second-order valence-electron chi connectivity index (χ2n) is 7.34. The molecule has 0 atom stereocenters. The van der Waals surface area contributed by atoms with Gasteiger partial charge in [0, 0.05) is 18.4 Å². The number of Topliss-reactive ketones (excluding diaryl/α,β-unsaturated/α-hetero) is 1. The predicted molar refractivity (Wildman–Crippen MR) is 76.0 cm³/mol. The van der Waals surface area contributed by atoms with E-state index < -0.39 is 0 Å². The third-order valence-corrected chi connectivity index (χ3v) is 5.75. The summed E-state index contributed by atoms with van der Waals surface area (Å²) in [5, 5.41) is 0. The van der Waals surface area contributed by atoms with Crippen molar-refractivity contribution in [3.63, 3.8) is 0 Å². The molecule has 4 fully saturated rings. The van der Waals surface area contributed by atoms with Gasteiger partial charge >= 0.3 is 0 Å². The fourth-order valence-corrected chi connectivity index (χ4v) is 5.23. The largest absolute Gasteiger partial charge is 0.381 e. The van der Waals surface area contributed by atoms with Gasteiger partial charge in [-0.3, -0.25) is 4.79 Å². The van der Waals surface area contributed by atoms with E-state index in [1.165, 1.54) is 44.9 Å². The van der Waals surface area contributed by atoms with Gasteiger partial charge in [-0.1, -0.05) is 13.3 Å². The number of hydrogen-bond donors (Lipinski definition) is 0. The zero-order valence-electron chi connectivity index (χ0n) is 12.3. The van der Waals surface area contributed by atoms with E-state index in [0.29, 0.717) is 18.8 Å². The fraction of sp³-hybridized carbons (Fsp3) is 0.941. The molecule has 0 aromatic heterocycles. The molecule has 0 aliphatic heterocycles. The van der Waals surface area contributed by atoms with Gasteiger partial charge in [0.1, 0.15) is 5.78 Å². The molecule has 0 spiro atoms. The highest BCUT2D eigenvalue weighted by Crippen LogP contribution is 2.60. The summed E-state index contributed by atoms with van der Waals surface area (Å²) in [4.78, 5) is 12.6. The van der Waals surface area contributed by atoms with Gasteiger partial charge in [-0.25, -0.2) is 0 Å². The number of unbranched alkanes of at least 4 members (excludes halogenated alkanes) is 1. The quantitative estimate of drug-likeness (QED) is 0.650. The third kappa shape index (κ3) is 2.74. The van der Waals surface area contributed by atoms with Crippen LogP contribution in [0.5, 0.6) is 0 Å². The van der Waals surface area contributed by atoms with E-state index >= 15 is 0 Å². The van der Waals surface area contributed by atoms with Gasteiger partial charge in [0.2, 0.25) is 0 Å². The van der Waals surface area contributed by atoms with Crippen LogP contribution in [-0.4, -0.2) is 19.0 Å². The van der Waals surface area contributed by atoms with Gasteiger partial charge in [0.05, 0.1) is 6.61 Å². The van der Waals surface area contributed by atoms with Crippen molar-refractivity contribution in [2.24, 2.45) is 23.2 Å². The Balaban J connectivity index is 1.52. The van der Waals surface area contributed by atoms with E-state index in [4.69, 9.17) is 4.74 Å². The lowest BCUT2D eigenvalue weighted by Crippen LogP contribution is -2.50. The van der Waals surface area contributed by atoms with Gasteiger partial charge in [0.25, 0.3) is 0 Å². The Bertz CT molecular complexity index is 299. The molecule has 4 rings (SSSR count). The van der Waals surface area contributed by atoms with Crippen molar-refractivity contribution in [2.45, 2.75) is 64.7 Å². The molecule has 0 aromatic carbocycles. The van der Waals surface area contributed by atoms with E-state index in [1.807, 2.05) is 0 Å². The molecule has 0 radical (unpaired) electrons. The van der Waals surface area contributed by atoms with Crippen LogP contribution < -0.4 is 0 Å². The number of carbonyl (C=O) groups is 1. The van der Waals surface area contributed by atoms with Crippen LogP contribution in [0.2, 0.25) is 0 Å². The normalized spacial score (nSPS) is 39.7. The number of hydrogen-bond acceptors (Lipinski definition) is 2. The predicted octanol–water partition coefficient (Wildman–Crippen LogP) is 3.98. The van der Waals surface area contributed by atoms with Crippen molar-refractivity contribution in [1.82, 2.24) is 0 Å². The maximum Gasteiger partial charge on any atom is 0.141 e. The van der Waals surface area contributed by atoms with Crippen LogP contribution in [-0.2, 0) is 9.53 Å². The molecule has 2 nitrogen and oxygen atoms in total. The van der Waals surface area contributed by atoms with Crippen molar-refractivity contribution in [3.8, 4) is 0 Å². The van der Waals surface area contributed by atoms with Gasteiger partial charge in [-0.2, -0.15) is 0 Å². The zero-order valence-corrected chi connectivity index (χ0v) is 12.3.